The maximum absolute atomic E-state index is 11.0. The van der Waals surface area contributed by atoms with E-state index in [1.54, 1.807) is 0 Å². The number of hydrogen-bond donors (Lipinski definition) is 2. The molecule has 0 aromatic carbocycles. The first-order valence-electron chi connectivity index (χ1n) is 4.07. The average molecular weight is 172 g/mol. The second-order valence-corrected chi connectivity index (χ2v) is 2.93. The summed E-state index contributed by atoms with van der Waals surface area (Å²) in [5.41, 5.74) is 5.05. The SMILES string of the molecule is CC(C)C(=O)CCNC(=O)CN. The third-order valence-corrected chi connectivity index (χ3v) is 1.52. The molecule has 0 unspecified atom stereocenters. The first-order chi connectivity index (χ1) is 5.57. The van der Waals surface area contributed by atoms with Crippen LogP contribution in [0.5, 0.6) is 0 Å². The summed E-state index contributed by atoms with van der Waals surface area (Å²) in [5, 5.41) is 2.53. The molecule has 0 aliphatic rings. The third-order valence-electron chi connectivity index (χ3n) is 1.52. The van der Waals surface area contributed by atoms with Crippen molar-refractivity contribution in [3.63, 3.8) is 0 Å². The van der Waals surface area contributed by atoms with Crippen molar-refractivity contribution >= 4 is 11.7 Å². The highest BCUT2D eigenvalue weighted by Gasteiger charge is 2.06. The molecule has 0 aromatic rings. The predicted octanol–water partition coefficient (Wildman–Crippen LogP) is -0.323. The molecule has 0 spiro atoms. The minimum atomic E-state index is -0.216. The third kappa shape index (κ3) is 4.85. The van der Waals surface area contributed by atoms with Crippen LogP contribution < -0.4 is 11.1 Å². The molecule has 0 radical (unpaired) electrons. The molecule has 4 nitrogen and oxygen atoms in total. The Bertz CT molecular complexity index is 166. The van der Waals surface area contributed by atoms with Gasteiger partial charge in [0.1, 0.15) is 5.78 Å². The monoisotopic (exact) mass is 172 g/mol. The number of carbonyl (C=O) groups excluding carboxylic acids is 2. The number of carbonyl (C=O) groups is 2. The fourth-order valence-corrected chi connectivity index (χ4v) is 0.686. The van der Waals surface area contributed by atoms with E-state index in [0.717, 1.165) is 0 Å². The molecular formula is C8H16N2O2. The van der Waals surface area contributed by atoms with E-state index in [2.05, 4.69) is 5.32 Å². The van der Waals surface area contributed by atoms with Crippen molar-refractivity contribution in [3.8, 4) is 0 Å². The minimum absolute atomic E-state index is 0.0180. The Morgan fingerprint density at radius 1 is 1.42 bits per heavy atom. The molecule has 0 aliphatic carbocycles. The van der Waals surface area contributed by atoms with Crippen LogP contribution in [0.25, 0.3) is 0 Å². The van der Waals surface area contributed by atoms with Gasteiger partial charge in [-0.15, -0.1) is 0 Å². The molecule has 0 fully saturated rings. The van der Waals surface area contributed by atoms with Gasteiger partial charge in [0.2, 0.25) is 5.91 Å². The first-order valence-corrected chi connectivity index (χ1v) is 4.07. The van der Waals surface area contributed by atoms with Crippen LogP contribution >= 0.6 is 0 Å². The van der Waals surface area contributed by atoms with E-state index >= 15 is 0 Å². The summed E-state index contributed by atoms with van der Waals surface area (Å²) < 4.78 is 0. The predicted molar refractivity (Wildman–Crippen MR) is 46.5 cm³/mol. The molecule has 0 saturated carbocycles. The van der Waals surface area contributed by atoms with Crippen molar-refractivity contribution < 1.29 is 9.59 Å². The zero-order chi connectivity index (χ0) is 9.56. The lowest BCUT2D eigenvalue weighted by molar-refractivity contribution is -0.122. The molecule has 70 valence electrons. The van der Waals surface area contributed by atoms with E-state index in [0.29, 0.717) is 13.0 Å². The van der Waals surface area contributed by atoms with E-state index in [9.17, 15) is 9.59 Å². The Labute approximate surface area is 72.5 Å². The number of Topliss-reactive ketones (excluding diaryl/α,β-unsaturated/α-hetero) is 1. The van der Waals surface area contributed by atoms with Gasteiger partial charge in [-0.05, 0) is 0 Å². The van der Waals surface area contributed by atoms with Crippen LogP contribution in [-0.4, -0.2) is 24.8 Å². The number of amides is 1. The van der Waals surface area contributed by atoms with Crippen molar-refractivity contribution in [2.24, 2.45) is 11.7 Å². The van der Waals surface area contributed by atoms with Crippen LogP contribution in [0.1, 0.15) is 20.3 Å². The van der Waals surface area contributed by atoms with E-state index in [1.807, 2.05) is 13.8 Å². The van der Waals surface area contributed by atoms with Crippen molar-refractivity contribution in [1.82, 2.24) is 5.32 Å². The van der Waals surface area contributed by atoms with Gasteiger partial charge in [-0.2, -0.15) is 0 Å². The highest BCUT2D eigenvalue weighted by molar-refractivity contribution is 5.82. The van der Waals surface area contributed by atoms with E-state index in [1.165, 1.54) is 0 Å². The molecule has 0 atom stereocenters. The number of nitrogens with one attached hydrogen (secondary N) is 1. The van der Waals surface area contributed by atoms with Gasteiger partial charge >= 0.3 is 0 Å². The van der Waals surface area contributed by atoms with Gasteiger partial charge in [-0.1, -0.05) is 13.8 Å². The highest BCUT2D eigenvalue weighted by atomic mass is 16.2. The zero-order valence-electron chi connectivity index (χ0n) is 7.59. The second kappa shape index (κ2) is 5.71. The summed E-state index contributed by atoms with van der Waals surface area (Å²) in [5.74, 6) is -0.0151. The molecule has 0 rings (SSSR count). The lowest BCUT2D eigenvalue weighted by Gasteiger charge is -2.04. The minimum Gasteiger partial charge on any atom is -0.355 e. The molecule has 12 heavy (non-hydrogen) atoms. The summed E-state index contributed by atoms with van der Waals surface area (Å²) in [4.78, 5) is 21.6. The van der Waals surface area contributed by atoms with Crippen LogP contribution in [0.15, 0.2) is 0 Å². The van der Waals surface area contributed by atoms with Crippen LogP contribution in [0.3, 0.4) is 0 Å². The second-order valence-electron chi connectivity index (χ2n) is 2.93. The number of nitrogens with two attached hydrogens (primary N) is 1. The average Bonchev–Trinajstić information content (AvgIpc) is 2.03. The van der Waals surface area contributed by atoms with Crippen molar-refractivity contribution in [2.45, 2.75) is 20.3 Å². The van der Waals surface area contributed by atoms with E-state index in [4.69, 9.17) is 5.73 Å². The molecule has 0 aliphatic heterocycles. The fourth-order valence-electron chi connectivity index (χ4n) is 0.686. The van der Waals surface area contributed by atoms with Crippen molar-refractivity contribution in [3.05, 3.63) is 0 Å². The van der Waals surface area contributed by atoms with Gasteiger partial charge in [0.15, 0.2) is 0 Å². The van der Waals surface area contributed by atoms with Gasteiger partial charge in [0, 0.05) is 18.9 Å². The van der Waals surface area contributed by atoms with Gasteiger partial charge in [-0.3, -0.25) is 9.59 Å². The van der Waals surface area contributed by atoms with E-state index in [-0.39, 0.29) is 24.2 Å². The number of hydrogen-bond acceptors (Lipinski definition) is 3. The standard InChI is InChI=1S/C8H16N2O2/c1-6(2)7(11)3-4-10-8(12)5-9/h6H,3-5,9H2,1-2H3,(H,10,12). The van der Waals surface area contributed by atoms with Gasteiger partial charge < -0.3 is 11.1 Å². The lowest BCUT2D eigenvalue weighted by Crippen LogP contribution is -2.32. The topological polar surface area (TPSA) is 72.2 Å². The first kappa shape index (κ1) is 11.1. The summed E-state index contributed by atoms with van der Waals surface area (Å²) in [6, 6.07) is 0. The Balaban J connectivity index is 3.44. The van der Waals surface area contributed by atoms with E-state index < -0.39 is 0 Å². The number of rotatable bonds is 5. The molecule has 0 bridgehead atoms. The molecule has 3 N–H and O–H groups in total. The molecule has 0 heterocycles. The maximum Gasteiger partial charge on any atom is 0.233 e. The fraction of sp³-hybridized carbons (Fsp3) is 0.750. The summed E-state index contributed by atoms with van der Waals surface area (Å²) in [6.45, 7) is 4.06. The Hall–Kier alpha value is -0.900. The summed E-state index contributed by atoms with van der Waals surface area (Å²) in [6.07, 6.45) is 0.392. The largest absolute Gasteiger partial charge is 0.355 e. The van der Waals surface area contributed by atoms with Crippen LogP contribution in [0.2, 0.25) is 0 Å². The molecule has 1 amide bonds. The van der Waals surface area contributed by atoms with Crippen molar-refractivity contribution in [2.75, 3.05) is 13.1 Å². The summed E-state index contributed by atoms with van der Waals surface area (Å²) >= 11 is 0. The molecule has 0 saturated heterocycles. The maximum atomic E-state index is 11.0. The highest BCUT2D eigenvalue weighted by Crippen LogP contribution is 1.96. The van der Waals surface area contributed by atoms with Crippen LogP contribution in [0.4, 0.5) is 0 Å². The number of ketones is 1. The van der Waals surface area contributed by atoms with Crippen molar-refractivity contribution in [1.29, 1.82) is 0 Å². The van der Waals surface area contributed by atoms with Gasteiger partial charge in [0.25, 0.3) is 0 Å². The summed E-state index contributed by atoms with van der Waals surface area (Å²) in [7, 11) is 0. The normalized spacial score (nSPS) is 10.0. The van der Waals surface area contributed by atoms with Crippen LogP contribution in [-0.2, 0) is 9.59 Å². The molecular weight excluding hydrogens is 156 g/mol. The molecule has 0 aromatic heterocycles. The Morgan fingerprint density at radius 2 is 2.00 bits per heavy atom. The zero-order valence-corrected chi connectivity index (χ0v) is 7.59. The molecule has 4 heteroatoms. The van der Waals surface area contributed by atoms with Crippen LogP contribution in [0, 0.1) is 5.92 Å². The van der Waals surface area contributed by atoms with Gasteiger partial charge in [-0.25, -0.2) is 0 Å². The lowest BCUT2D eigenvalue weighted by atomic mass is 10.1. The smallest absolute Gasteiger partial charge is 0.233 e. The quantitative estimate of drug-likeness (QED) is 0.596. The Morgan fingerprint density at radius 3 is 2.42 bits per heavy atom. The van der Waals surface area contributed by atoms with Gasteiger partial charge in [0.05, 0.1) is 6.54 Å². The Kier molecular flexibility index (Phi) is 5.28.